The maximum absolute atomic E-state index is 12.7. The first-order valence-corrected chi connectivity index (χ1v) is 9.49. The van der Waals surface area contributed by atoms with Crippen LogP contribution >= 0.6 is 0 Å². The number of rotatable bonds is 13. The van der Waals surface area contributed by atoms with Crippen LogP contribution in [0, 0.1) is 11.8 Å². The summed E-state index contributed by atoms with van der Waals surface area (Å²) in [5.74, 6) is -5.05. The zero-order valence-corrected chi connectivity index (χ0v) is 17.2. The highest BCUT2D eigenvalue weighted by Crippen LogP contribution is 2.11. The first kappa shape index (κ1) is 26.3. The van der Waals surface area contributed by atoms with Crippen molar-refractivity contribution in [2.75, 3.05) is 6.54 Å². The molecule has 166 valence electrons. The quantitative estimate of drug-likeness (QED) is 0.221. The lowest BCUT2D eigenvalue weighted by molar-refractivity contribution is -0.143. The highest BCUT2D eigenvalue weighted by molar-refractivity contribution is 5.93. The minimum Gasteiger partial charge on any atom is -0.481 e. The molecule has 7 N–H and O–H groups in total. The summed E-state index contributed by atoms with van der Waals surface area (Å²) in [6, 6.07) is -3.39. The number of carboxylic acid groups (broad SMARTS) is 2. The molecule has 0 aliphatic carbocycles. The summed E-state index contributed by atoms with van der Waals surface area (Å²) in [4.78, 5) is 58.9. The van der Waals surface area contributed by atoms with Crippen molar-refractivity contribution in [2.45, 2.75) is 65.1 Å². The number of hydrogen-bond donors (Lipinski definition) is 6. The number of carbonyl (C=O) groups excluding carboxylic acids is 3. The van der Waals surface area contributed by atoms with E-state index in [1.807, 2.05) is 6.92 Å². The normalized spacial score (nSPS) is 15.0. The average molecular weight is 416 g/mol. The highest BCUT2D eigenvalue weighted by atomic mass is 16.4. The van der Waals surface area contributed by atoms with Crippen LogP contribution in [-0.2, 0) is 24.0 Å². The molecule has 4 unspecified atom stereocenters. The van der Waals surface area contributed by atoms with Gasteiger partial charge in [-0.1, -0.05) is 34.1 Å². The Bertz CT molecular complexity index is 609. The molecule has 3 amide bonds. The standard InChI is InChI=1S/C18H32N4O7/c1-5-10(4)15(21-12(23)8-19)17(27)22-14(9(2)3)16(26)20-11(18(28)29)6-7-13(24)25/h9-11,14-15H,5-8,19H2,1-4H3,(H,20,26)(H,21,23)(H,22,27)(H,24,25)(H,28,29). The van der Waals surface area contributed by atoms with Gasteiger partial charge in [0.15, 0.2) is 0 Å². The van der Waals surface area contributed by atoms with Gasteiger partial charge >= 0.3 is 11.9 Å². The summed E-state index contributed by atoms with van der Waals surface area (Å²) in [5.41, 5.74) is 5.29. The van der Waals surface area contributed by atoms with Crippen LogP contribution in [0.4, 0.5) is 0 Å². The van der Waals surface area contributed by atoms with E-state index in [2.05, 4.69) is 16.0 Å². The second-order valence-corrected chi connectivity index (χ2v) is 7.20. The molecular formula is C18H32N4O7. The summed E-state index contributed by atoms with van der Waals surface area (Å²) in [6.07, 6.45) is -0.147. The predicted octanol–water partition coefficient (Wildman–Crippen LogP) is -0.949. The summed E-state index contributed by atoms with van der Waals surface area (Å²) in [5, 5.41) is 25.3. The first-order valence-electron chi connectivity index (χ1n) is 9.49. The predicted molar refractivity (Wildman–Crippen MR) is 104 cm³/mol. The molecule has 0 spiro atoms. The van der Waals surface area contributed by atoms with Crippen LogP contribution in [0.3, 0.4) is 0 Å². The largest absolute Gasteiger partial charge is 0.481 e. The van der Waals surface area contributed by atoms with Crippen molar-refractivity contribution in [1.82, 2.24) is 16.0 Å². The monoisotopic (exact) mass is 416 g/mol. The van der Waals surface area contributed by atoms with Crippen molar-refractivity contribution in [3.8, 4) is 0 Å². The van der Waals surface area contributed by atoms with Gasteiger partial charge in [-0.05, 0) is 18.3 Å². The Hall–Kier alpha value is -2.69. The third-order valence-electron chi connectivity index (χ3n) is 4.51. The van der Waals surface area contributed by atoms with E-state index in [1.54, 1.807) is 20.8 Å². The average Bonchev–Trinajstić information content (AvgIpc) is 2.65. The van der Waals surface area contributed by atoms with E-state index in [0.29, 0.717) is 6.42 Å². The molecule has 29 heavy (non-hydrogen) atoms. The zero-order chi connectivity index (χ0) is 22.7. The van der Waals surface area contributed by atoms with Crippen LogP contribution in [0.15, 0.2) is 0 Å². The Morgan fingerprint density at radius 1 is 0.897 bits per heavy atom. The molecule has 0 aromatic rings. The fourth-order valence-electron chi connectivity index (χ4n) is 2.50. The summed E-state index contributed by atoms with van der Waals surface area (Å²) >= 11 is 0. The van der Waals surface area contributed by atoms with Gasteiger partial charge in [-0.2, -0.15) is 0 Å². The molecule has 0 rings (SSSR count). The van der Waals surface area contributed by atoms with E-state index in [1.165, 1.54) is 0 Å². The number of carbonyl (C=O) groups is 5. The SMILES string of the molecule is CCC(C)C(NC(=O)CN)C(=O)NC(C(=O)NC(CCC(=O)O)C(=O)O)C(C)C. The molecule has 0 aromatic heterocycles. The van der Waals surface area contributed by atoms with Gasteiger partial charge in [-0.15, -0.1) is 0 Å². The molecule has 4 atom stereocenters. The fourth-order valence-corrected chi connectivity index (χ4v) is 2.50. The third-order valence-corrected chi connectivity index (χ3v) is 4.51. The maximum atomic E-state index is 12.7. The van der Waals surface area contributed by atoms with E-state index in [4.69, 9.17) is 10.8 Å². The van der Waals surface area contributed by atoms with Crippen molar-refractivity contribution in [2.24, 2.45) is 17.6 Å². The minimum atomic E-state index is -1.40. The molecule has 0 bridgehead atoms. The van der Waals surface area contributed by atoms with Crippen molar-refractivity contribution >= 4 is 29.7 Å². The number of nitrogens with two attached hydrogens (primary N) is 1. The van der Waals surface area contributed by atoms with Crippen LogP contribution in [0.25, 0.3) is 0 Å². The topological polar surface area (TPSA) is 188 Å². The van der Waals surface area contributed by atoms with Gasteiger partial charge in [0.05, 0.1) is 6.54 Å². The van der Waals surface area contributed by atoms with Crippen molar-refractivity contribution in [3.05, 3.63) is 0 Å². The smallest absolute Gasteiger partial charge is 0.326 e. The molecule has 11 nitrogen and oxygen atoms in total. The number of amides is 3. The van der Waals surface area contributed by atoms with E-state index in [0.717, 1.165) is 0 Å². The second-order valence-electron chi connectivity index (χ2n) is 7.20. The first-order chi connectivity index (χ1) is 13.4. The van der Waals surface area contributed by atoms with Gasteiger partial charge in [0.25, 0.3) is 0 Å². The van der Waals surface area contributed by atoms with Crippen LogP contribution in [0.1, 0.15) is 47.0 Å². The molecule has 0 aliphatic rings. The molecule has 0 fully saturated rings. The zero-order valence-electron chi connectivity index (χ0n) is 17.2. The van der Waals surface area contributed by atoms with Gasteiger partial charge in [0.1, 0.15) is 18.1 Å². The Kier molecular flexibility index (Phi) is 11.5. The van der Waals surface area contributed by atoms with Crippen LogP contribution in [0.2, 0.25) is 0 Å². The van der Waals surface area contributed by atoms with Crippen molar-refractivity contribution < 1.29 is 34.2 Å². The molecular weight excluding hydrogens is 384 g/mol. The lowest BCUT2D eigenvalue weighted by atomic mass is 9.96. The second kappa shape index (κ2) is 12.7. The summed E-state index contributed by atoms with van der Waals surface area (Å²) < 4.78 is 0. The number of nitrogens with one attached hydrogen (secondary N) is 3. The lowest BCUT2D eigenvalue weighted by Crippen LogP contribution is -2.59. The van der Waals surface area contributed by atoms with Crippen molar-refractivity contribution in [1.29, 1.82) is 0 Å². The molecule has 0 saturated heterocycles. The maximum Gasteiger partial charge on any atom is 0.326 e. The number of aliphatic carboxylic acids is 2. The van der Waals surface area contributed by atoms with E-state index in [-0.39, 0.29) is 18.9 Å². The van der Waals surface area contributed by atoms with Gasteiger partial charge in [0.2, 0.25) is 17.7 Å². The van der Waals surface area contributed by atoms with Crippen LogP contribution in [0.5, 0.6) is 0 Å². The fraction of sp³-hybridized carbons (Fsp3) is 0.722. The molecule has 0 aliphatic heterocycles. The molecule has 0 saturated carbocycles. The summed E-state index contributed by atoms with van der Waals surface area (Å²) in [6.45, 7) is 6.63. The van der Waals surface area contributed by atoms with Crippen LogP contribution in [-0.4, -0.2) is 64.5 Å². The minimum absolute atomic E-state index is 0.233. The Morgan fingerprint density at radius 3 is 1.86 bits per heavy atom. The van der Waals surface area contributed by atoms with Gasteiger partial charge in [-0.3, -0.25) is 19.2 Å². The number of carboxylic acids is 2. The molecule has 11 heteroatoms. The van der Waals surface area contributed by atoms with E-state index in [9.17, 15) is 29.1 Å². The summed E-state index contributed by atoms with van der Waals surface area (Å²) in [7, 11) is 0. The number of hydrogen-bond acceptors (Lipinski definition) is 6. The third kappa shape index (κ3) is 9.37. The Balaban J connectivity index is 5.33. The molecule has 0 heterocycles. The van der Waals surface area contributed by atoms with Gasteiger partial charge < -0.3 is 31.9 Å². The van der Waals surface area contributed by atoms with E-state index < -0.39 is 60.1 Å². The van der Waals surface area contributed by atoms with Gasteiger partial charge in [-0.25, -0.2) is 4.79 Å². The molecule has 0 aromatic carbocycles. The van der Waals surface area contributed by atoms with Crippen LogP contribution < -0.4 is 21.7 Å². The van der Waals surface area contributed by atoms with Crippen molar-refractivity contribution in [3.63, 3.8) is 0 Å². The lowest BCUT2D eigenvalue weighted by Gasteiger charge is -2.28. The Morgan fingerprint density at radius 2 is 1.45 bits per heavy atom. The van der Waals surface area contributed by atoms with Gasteiger partial charge in [0, 0.05) is 6.42 Å². The highest BCUT2D eigenvalue weighted by Gasteiger charge is 2.32. The molecule has 0 radical (unpaired) electrons. The Labute approximate surface area is 169 Å². The van der Waals surface area contributed by atoms with E-state index >= 15 is 0 Å².